The molecule has 4 heteroatoms. The number of amides is 1. The summed E-state index contributed by atoms with van der Waals surface area (Å²) in [4.78, 5) is 23.7. The van der Waals surface area contributed by atoms with Crippen LogP contribution >= 0.6 is 0 Å². The minimum Gasteiger partial charge on any atom is -0.479 e. The lowest BCUT2D eigenvalue weighted by Gasteiger charge is -2.15. The Morgan fingerprint density at radius 2 is 2.07 bits per heavy atom. The number of likely N-dealkylation sites (N-methyl/N-ethyl adjacent to an activating group) is 1. The minimum absolute atomic E-state index is 0.229. The van der Waals surface area contributed by atoms with Crippen molar-refractivity contribution in [3.05, 3.63) is 35.4 Å². The second-order valence-corrected chi connectivity index (χ2v) is 3.24. The summed E-state index contributed by atoms with van der Waals surface area (Å²) in [6.07, 6.45) is 0. The zero-order valence-electron chi connectivity index (χ0n) is 7.60. The lowest BCUT2D eigenvalue weighted by molar-refractivity contribution is -0.141. The molecular weight excluding hydrogens is 182 g/mol. The van der Waals surface area contributed by atoms with Gasteiger partial charge >= 0.3 is 5.97 Å². The first-order valence-electron chi connectivity index (χ1n) is 4.22. The number of aliphatic carboxylic acids is 1. The van der Waals surface area contributed by atoms with Crippen molar-refractivity contribution in [1.82, 2.24) is 4.90 Å². The Bertz CT molecular complexity index is 414. The highest BCUT2D eigenvalue weighted by atomic mass is 16.4. The van der Waals surface area contributed by atoms with E-state index in [1.165, 1.54) is 11.9 Å². The first-order chi connectivity index (χ1) is 6.63. The fourth-order valence-electron chi connectivity index (χ4n) is 1.74. The third-order valence-electron chi connectivity index (χ3n) is 2.43. The highest BCUT2D eigenvalue weighted by Crippen LogP contribution is 2.31. The van der Waals surface area contributed by atoms with Crippen LogP contribution in [0.4, 0.5) is 0 Å². The summed E-state index contributed by atoms with van der Waals surface area (Å²) in [5, 5.41) is 8.95. The first kappa shape index (κ1) is 8.74. The maximum Gasteiger partial charge on any atom is 0.331 e. The Hall–Kier alpha value is -1.84. The highest BCUT2D eigenvalue weighted by Gasteiger charge is 2.38. The van der Waals surface area contributed by atoms with Crippen LogP contribution in [0.1, 0.15) is 22.0 Å². The Kier molecular flexibility index (Phi) is 1.77. The predicted molar refractivity (Wildman–Crippen MR) is 48.9 cm³/mol. The second-order valence-electron chi connectivity index (χ2n) is 3.24. The number of fused-ring (bicyclic) bond motifs is 1. The summed E-state index contributed by atoms with van der Waals surface area (Å²) in [5.41, 5.74) is 1.06. The largest absolute Gasteiger partial charge is 0.479 e. The molecule has 0 aromatic heterocycles. The number of nitrogens with zero attached hydrogens (tertiary/aromatic N) is 1. The van der Waals surface area contributed by atoms with Gasteiger partial charge in [0.1, 0.15) is 0 Å². The van der Waals surface area contributed by atoms with Crippen LogP contribution in [0.2, 0.25) is 0 Å². The molecule has 0 spiro atoms. The smallest absolute Gasteiger partial charge is 0.331 e. The van der Waals surface area contributed by atoms with E-state index in [2.05, 4.69) is 0 Å². The van der Waals surface area contributed by atoms with Crippen LogP contribution in [-0.4, -0.2) is 28.9 Å². The molecule has 0 aliphatic carbocycles. The third kappa shape index (κ3) is 1.00. The fraction of sp³-hybridized carbons (Fsp3) is 0.200. The molecule has 1 aliphatic heterocycles. The van der Waals surface area contributed by atoms with E-state index in [0.29, 0.717) is 11.1 Å². The molecule has 0 unspecified atom stereocenters. The number of rotatable bonds is 1. The van der Waals surface area contributed by atoms with Crippen molar-refractivity contribution in [3.8, 4) is 0 Å². The number of benzene rings is 1. The number of hydrogen-bond donors (Lipinski definition) is 1. The van der Waals surface area contributed by atoms with Crippen molar-refractivity contribution in [2.24, 2.45) is 0 Å². The number of carboxylic acids is 1. The van der Waals surface area contributed by atoms with Gasteiger partial charge in [0.15, 0.2) is 6.04 Å². The van der Waals surface area contributed by atoms with E-state index in [-0.39, 0.29) is 5.91 Å². The van der Waals surface area contributed by atoms with Crippen molar-refractivity contribution in [2.75, 3.05) is 7.05 Å². The molecule has 2 rings (SSSR count). The molecule has 72 valence electrons. The Balaban J connectivity index is 2.59. The van der Waals surface area contributed by atoms with Crippen LogP contribution in [-0.2, 0) is 4.79 Å². The van der Waals surface area contributed by atoms with Gasteiger partial charge in [0.05, 0.1) is 0 Å². The number of carboxylic acid groups (broad SMARTS) is 1. The molecule has 0 saturated heterocycles. The van der Waals surface area contributed by atoms with E-state index in [9.17, 15) is 9.59 Å². The van der Waals surface area contributed by atoms with Gasteiger partial charge in [-0.1, -0.05) is 18.2 Å². The maximum absolute atomic E-state index is 11.6. The van der Waals surface area contributed by atoms with Gasteiger partial charge in [-0.25, -0.2) is 4.79 Å². The number of carbonyl (C=O) groups excluding carboxylic acids is 1. The van der Waals surface area contributed by atoms with Crippen LogP contribution in [0.15, 0.2) is 24.3 Å². The molecule has 1 aromatic rings. The Labute approximate surface area is 80.8 Å². The normalized spacial score (nSPS) is 19.6. The van der Waals surface area contributed by atoms with E-state index in [0.717, 1.165) is 0 Å². The molecule has 0 bridgehead atoms. The van der Waals surface area contributed by atoms with Gasteiger partial charge in [-0.3, -0.25) is 4.79 Å². The molecule has 0 radical (unpaired) electrons. The summed E-state index contributed by atoms with van der Waals surface area (Å²) in [5.74, 6) is -1.22. The standard InChI is InChI=1S/C10H9NO3/c1-11-8(10(13)14)6-4-2-3-5-7(6)9(11)12/h2-5,8H,1H3,(H,13,14)/t8-/m0/s1. The third-order valence-corrected chi connectivity index (χ3v) is 2.43. The van der Waals surface area contributed by atoms with Gasteiger partial charge in [0.25, 0.3) is 5.91 Å². The molecule has 1 heterocycles. The average molecular weight is 191 g/mol. The van der Waals surface area contributed by atoms with Crippen molar-refractivity contribution in [1.29, 1.82) is 0 Å². The molecule has 4 nitrogen and oxygen atoms in total. The van der Waals surface area contributed by atoms with Gasteiger partial charge in [0, 0.05) is 12.6 Å². The summed E-state index contributed by atoms with van der Waals surface area (Å²) in [6.45, 7) is 0. The summed E-state index contributed by atoms with van der Waals surface area (Å²) >= 11 is 0. The van der Waals surface area contributed by atoms with Crippen LogP contribution in [0.5, 0.6) is 0 Å². The van der Waals surface area contributed by atoms with Gasteiger partial charge in [-0.2, -0.15) is 0 Å². The van der Waals surface area contributed by atoms with E-state index >= 15 is 0 Å². The summed E-state index contributed by atoms with van der Waals surface area (Å²) in [6, 6.07) is 5.96. The molecule has 1 atom stereocenters. The van der Waals surface area contributed by atoms with E-state index < -0.39 is 12.0 Å². The predicted octanol–water partition coefficient (Wildman–Crippen LogP) is 0.898. The van der Waals surface area contributed by atoms with Crippen LogP contribution in [0.3, 0.4) is 0 Å². The van der Waals surface area contributed by atoms with Crippen LogP contribution in [0.25, 0.3) is 0 Å². The maximum atomic E-state index is 11.6. The molecular formula is C10H9NO3. The first-order valence-corrected chi connectivity index (χ1v) is 4.22. The molecule has 14 heavy (non-hydrogen) atoms. The SMILES string of the molecule is CN1C(=O)c2ccccc2[C@H]1C(=O)O. The van der Waals surface area contributed by atoms with Gasteiger partial charge in [-0.15, -0.1) is 0 Å². The van der Waals surface area contributed by atoms with Crippen molar-refractivity contribution in [3.63, 3.8) is 0 Å². The summed E-state index contributed by atoms with van der Waals surface area (Å²) < 4.78 is 0. The quantitative estimate of drug-likeness (QED) is 0.717. The van der Waals surface area contributed by atoms with Crippen LogP contribution in [0, 0.1) is 0 Å². The fourth-order valence-corrected chi connectivity index (χ4v) is 1.74. The minimum atomic E-state index is -0.995. The van der Waals surface area contributed by atoms with Crippen molar-refractivity contribution >= 4 is 11.9 Å². The molecule has 1 amide bonds. The second kappa shape index (κ2) is 2.83. The molecule has 0 saturated carbocycles. The zero-order chi connectivity index (χ0) is 10.3. The molecule has 1 aliphatic rings. The van der Waals surface area contributed by atoms with Gasteiger partial charge in [0.2, 0.25) is 0 Å². The van der Waals surface area contributed by atoms with E-state index in [4.69, 9.17) is 5.11 Å². The Morgan fingerprint density at radius 3 is 2.71 bits per heavy atom. The monoisotopic (exact) mass is 191 g/mol. The molecule has 0 fully saturated rings. The topological polar surface area (TPSA) is 57.6 Å². The lowest BCUT2D eigenvalue weighted by Crippen LogP contribution is -2.28. The number of carbonyl (C=O) groups is 2. The number of hydrogen-bond acceptors (Lipinski definition) is 2. The van der Waals surface area contributed by atoms with E-state index in [1.54, 1.807) is 24.3 Å². The van der Waals surface area contributed by atoms with Crippen LogP contribution < -0.4 is 0 Å². The lowest BCUT2D eigenvalue weighted by atomic mass is 10.1. The highest BCUT2D eigenvalue weighted by molar-refractivity contribution is 6.03. The van der Waals surface area contributed by atoms with Gasteiger partial charge in [-0.05, 0) is 11.6 Å². The van der Waals surface area contributed by atoms with Crippen molar-refractivity contribution in [2.45, 2.75) is 6.04 Å². The average Bonchev–Trinajstić information content (AvgIpc) is 2.41. The van der Waals surface area contributed by atoms with Gasteiger partial charge < -0.3 is 10.0 Å². The Morgan fingerprint density at radius 1 is 1.43 bits per heavy atom. The zero-order valence-corrected chi connectivity index (χ0v) is 7.60. The summed E-state index contributed by atoms with van der Waals surface area (Å²) in [7, 11) is 1.50. The molecule has 1 N–H and O–H groups in total. The van der Waals surface area contributed by atoms with E-state index in [1.807, 2.05) is 0 Å². The van der Waals surface area contributed by atoms with Crippen molar-refractivity contribution < 1.29 is 14.7 Å². The molecule has 1 aromatic carbocycles.